The van der Waals surface area contributed by atoms with E-state index >= 15 is 0 Å². The van der Waals surface area contributed by atoms with Gasteiger partial charge in [-0.05, 0) is 42.7 Å². The van der Waals surface area contributed by atoms with E-state index in [9.17, 15) is 14.9 Å². The SMILES string of the molecule is COc1ccc(C(=O)Oc2ccc(SC)cc2)cc1[N+](=O)[O-]. The summed E-state index contributed by atoms with van der Waals surface area (Å²) in [5.41, 5.74) is -0.198. The number of nitrogens with zero attached hydrogens (tertiary/aromatic N) is 1. The minimum atomic E-state index is -0.664. The van der Waals surface area contributed by atoms with Gasteiger partial charge in [-0.3, -0.25) is 10.1 Å². The number of esters is 1. The van der Waals surface area contributed by atoms with Crippen molar-refractivity contribution in [1.29, 1.82) is 0 Å². The molecule has 0 amide bonds. The van der Waals surface area contributed by atoms with Crippen molar-refractivity contribution in [2.75, 3.05) is 13.4 Å². The van der Waals surface area contributed by atoms with Crippen molar-refractivity contribution < 1.29 is 19.2 Å². The number of rotatable bonds is 5. The summed E-state index contributed by atoms with van der Waals surface area (Å²) in [6.45, 7) is 0. The Balaban J connectivity index is 2.21. The molecule has 22 heavy (non-hydrogen) atoms. The summed E-state index contributed by atoms with van der Waals surface area (Å²) < 4.78 is 10.1. The van der Waals surface area contributed by atoms with Crippen LogP contribution in [-0.2, 0) is 0 Å². The Labute approximate surface area is 131 Å². The molecule has 0 heterocycles. The molecule has 0 saturated carbocycles. The normalized spacial score (nSPS) is 10.1. The number of hydrogen-bond acceptors (Lipinski definition) is 6. The highest BCUT2D eigenvalue weighted by atomic mass is 32.2. The van der Waals surface area contributed by atoms with Crippen molar-refractivity contribution in [3.05, 3.63) is 58.1 Å². The highest BCUT2D eigenvalue weighted by molar-refractivity contribution is 7.98. The molecule has 0 fully saturated rings. The number of nitro groups is 1. The third-order valence-corrected chi connectivity index (χ3v) is 3.62. The second-order valence-corrected chi connectivity index (χ2v) is 5.09. The Kier molecular flexibility index (Phi) is 5.00. The standard InChI is InChI=1S/C15H13NO5S/c1-20-14-8-3-10(9-13(14)16(18)19)15(17)21-11-4-6-12(22-2)7-5-11/h3-9H,1-2H3. The lowest BCUT2D eigenvalue weighted by Crippen LogP contribution is -2.09. The van der Waals surface area contributed by atoms with Crippen LogP contribution in [0.25, 0.3) is 0 Å². The van der Waals surface area contributed by atoms with Crippen LogP contribution >= 0.6 is 11.8 Å². The van der Waals surface area contributed by atoms with E-state index in [1.54, 1.807) is 23.9 Å². The number of nitro benzene ring substituents is 1. The topological polar surface area (TPSA) is 78.7 Å². The van der Waals surface area contributed by atoms with Crippen LogP contribution in [0.2, 0.25) is 0 Å². The quantitative estimate of drug-likeness (QED) is 0.276. The summed E-state index contributed by atoms with van der Waals surface area (Å²) in [4.78, 5) is 23.4. The molecule has 2 aromatic rings. The van der Waals surface area contributed by atoms with E-state index in [4.69, 9.17) is 9.47 Å². The van der Waals surface area contributed by atoms with Gasteiger partial charge in [0.1, 0.15) is 5.75 Å². The van der Waals surface area contributed by atoms with Crippen molar-refractivity contribution in [1.82, 2.24) is 0 Å². The zero-order valence-corrected chi connectivity index (χ0v) is 12.8. The Morgan fingerprint density at radius 3 is 2.41 bits per heavy atom. The Bertz CT molecular complexity index is 700. The zero-order valence-electron chi connectivity index (χ0n) is 11.9. The molecule has 0 bridgehead atoms. The van der Waals surface area contributed by atoms with Gasteiger partial charge in [0.2, 0.25) is 0 Å². The first-order valence-electron chi connectivity index (χ1n) is 6.24. The first kappa shape index (κ1) is 15.8. The molecule has 0 aliphatic rings. The minimum absolute atomic E-state index is 0.0847. The van der Waals surface area contributed by atoms with E-state index < -0.39 is 10.9 Å². The number of carbonyl (C=O) groups excluding carboxylic acids is 1. The van der Waals surface area contributed by atoms with Gasteiger partial charge < -0.3 is 9.47 Å². The van der Waals surface area contributed by atoms with E-state index in [1.807, 2.05) is 18.4 Å². The van der Waals surface area contributed by atoms with Crippen LogP contribution in [0, 0.1) is 10.1 Å². The summed E-state index contributed by atoms with van der Waals surface area (Å²) in [5, 5.41) is 11.0. The van der Waals surface area contributed by atoms with E-state index in [-0.39, 0.29) is 17.0 Å². The fraction of sp³-hybridized carbons (Fsp3) is 0.133. The van der Waals surface area contributed by atoms with Crippen LogP contribution < -0.4 is 9.47 Å². The number of ether oxygens (including phenoxy) is 2. The predicted molar refractivity (Wildman–Crippen MR) is 82.8 cm³/mol. The van der Waals surface area contributed by atoms with Crippen LogP contribution in [0.4, 0.5) is 5.69 Å². The molecule has 0 spiro atoms. The number of hydrogen-bond donors (Lipinski definition) is 0. The molecule has 0 aromatic heterocycles. The fourth-order valence-electron chi connectivity index (χ4n) is 1.77. The van der Waals surface area contributed by atoms with Crippen molar-refractivity contribution in [2.24, 2.45) is 0 Å². The molecule has 2 aromatic carbocycles. The number of benzene rings is 2. The molecule has 0 aliphatic heterocycles. The lowest BCUT2D eigenvalue weighted by molar-refractivity contribution is -0.385. The number of methoxy groups -OCH3 is 1. The molecule has 7 heteroatoms. The van der Waals surface area contributed by atoms with Crippen LogP contribution in [0.15, 0.2) is 47.4 Å². The Morgan fingerprint density at radius 2 is 1.86 bits per heavy atom. The third kappa shape index (κ3) is 3.56. The van der Waals surface area contributed by atoms with Gasteiger partial charge in [-0.2, -0.15) is 0 Å². The van der Waals surface area contributed by atoms with Crippen molar-refractivity contribution in [3.63, 3.8) is 0 Å². The average molecular weight is 319 g/mol. The number of carbonyl (C=O) groups is 1. The summed E-state index contributed by atoms with van der Waals surface area (Å²) in [6, 6.07) is 10.9. The van der Waals surface area contributed by atoms with Gasteiger partial charge >= 0.3 is 11.7 Å². The summed E-state index contributed by atoms with van der Waals surface area (Å²) in [6.07, 6.45) is 1.94. The second-order valence-electron chi connectivity index (χ2n) is 4.21. The molecular weight excluding hydrogens is 306 g/mol. The van der Waals surface area contributed by atoms with Crippen molar-refractivity contribution >= 4 is 23.4 Å². The van der Waals surface area contributed by atoms with Crippen LogP contribution in [0.3, 0.4) is 0 Å². The van der Waals surface area contributed by atoms with E-state index in [0.29, 0.717) is 5.75 Å². The second kappa shape index (κ2) is 6.95. The highest BCUT2D eigenvalue weighted by Gasteiger charge is 2.19. The van der Waals surface area contributed by atoms with Gasteiger partial charge in [0, 0.05) is 11.0 Å². The molecule has 0 atom stereocenters. The van der Waals surface area contributed by atoms with Gasteiger partial charge in [0.25, 0.3) is 0 Å². The van der Waals surface area contributed by atoms with Crippen molar-refractivity contribution in [3.8, 4) is 11.5 Å². The summed E-state index contributed by atoms with van der Waals surface area (Å²) in [7, 11) is 1.33. The van der Waals surface area contributed by atoms with Crippen molar-refractivity contribution in [2.45, 2.75) is 4.90 Å². The minimum Gasteiger partial charge on any atom is -0.490 e. The monoisotopic (exact) mass is 319 g/mol. The molecule has 0 unspecified atom stereocenters. The highest BCUT2D eigenvalue weighted by Crippen LogP contribution is 2.28. The number of thioether (sulfide) groups is 1. The molecule has 0 N–H and O–H groups in total. The smallest absolute Gasteiger partial charge is 0.343 e. The maximum absolute atomic E-state index is 12.1. The first-order chi connectivity index (χ1) is 10.5. The van der Waals surface area contributed by atoms with Crippen LogP contribution in [0.5, 0.6) is 11.5 Å². The molecular formula is C15H13NO5S. The van der Waals surface area contributed by atoms with Crippen LogP contribution in [0.1, 0.15) is 10.4 Å². The molecule has 0 radical (unpaired) electrons. The Morgan fingerprint density at radius 1 is 1.18 bits per heavy atom. The summed E-state index contributed by atoms with van der Waals surface area (Å²) >= 11 is 1.57. The predicted octanol–water partition coefficient (Wildman–Crippen LogP) is 3.54. The van der Waals surface area contributed by atoms with Gasteiger partial charge in [0.05, 0.1) is 17.6 Å². The molecule has 0 aliphatic carbocycles. The largest absolute Gasteiger partial charge is 0.490 e. The summed E-state index contributed by atoms with van der Waals surface area (Å²) in [5.74, 6) is -0.199. The Hall–Kier alpha value is -2.54. The molecule has 6 nitrogen and oxygen atoms in total. The van der Waals surface area contributed by atoms with Gasteiger partial charge in [-0.15, -0.1) is 11.8 Å². The molecule has 2 rings (SSSR count). The average Bonchev–Trinajstić information content (AvgIpc) is 2.54. The van der Waals surface area contributed by atoms with E-state index in [1.165, 1.54) is 19.2 Å². The zero-order chi connectivity index (χ0) is 16.1. The van der Waals surface area contributed by atoms with Gasteiger partial charge in [-0.1, -0.05) is 0 Å². The third-order valence-electron chi connectivity index (χ3n) is 2.88. The maximum Gasteiger partial charge on any atom is 0.343 e. The molecule has 0 saturated heterocycles. The van der Waals surface area contributed by atoms with Gasteiger partial charge in [0.15, 0.2) is 5.75 Å². The molecule has 114 valence electrons. The van der Waals surface area contributed by atoms with Crippen LogP contribution in [-0.4, -0.2) is 24.3 Å². The lowest BCUT2D eigenvalue weighted by atomic mass is 10.2. The fourth-order valence-corrected chi connectivity index (χ4v) is 2.18. The van der Waals surface area contributed by atoms with Gasteiger partial charge in [-0.25, -0.2) is 4.79 Å². The maximum atomic E-state index is 12.1. The van der Waals surface area contributed by atoms with E-state index in [2.05, 4.69) is 0 Å². The first-order valence-corrected chi connectivity index (χ1v) is 7.46. The van der Waals surface area contributed by atoms with E-state index in [0.717, 1.165) is 11.0 Å². The lowest BCUT2D eigenvalue weighted by Gasteiger charge is -2.06.